The third-order valence-electron chi connectivity index (χ3n) is 23.6. The van der Waals surface area contributed by atoms with E-state index in [1.807, 2.05) is 60.7 Å². The number of para-hydroxylation sites is 1. The van der Waals surface area contributed by atoms with Gasteiger partial charge in [-0.05, 0) is 272 Å². The summed E-state index contributed by atoms with van der Waals surface area (Å²) < 4.78 is 28.9. The first-order chi connectivity index (χ1) is 65.2. The lowest BCUT2D eigenvalue weighted by atomic mass is 10.0. The number of hydrogen-bond donors (Lipinski definition) is 8. The first-order valence-corrected chi connectivity index (χ1v) is 45.3. The van der Waals surface area contributed by atoms with Crippen molar-refractivity contribution in [3.8, 4) is 51.2 Å². The van der Waals surface area contributed by atoms with Gasteiger partial charge in [-0.2, -0.15) is 0 Å². The summed E-state index contributed by atoms with van der Waals surface area (Å²) in [6, 6.07) is 57.3. The number of halogens is 3. The van der Waals surface area contributed by atoms with Gasteiger partial charge in [0.05, 0.1) is 40.5 Å². The van der Waals surface area contributed by atoms with Crippen LogP contribution in [0, 0.1) is 0 Å². The molecule has 9 N–H and O–H groups in total. The van der Waals surface area contributed by atoms with Crippen LogP contribution >= 0.6 is 34.8 Å². The first kappa shape index (κ1) is 91.1. The van der Waals surface area contributed by atoms with Crippen molar-refractivity contribution < 1.29 is 60.8 Å². The van der Waals surface area contributed by atoms with Gasteiger partial charge in [0.2, 0.25) is 5.88 Å². The Morgan fingerprint density at radius 3 is 1.31 bits per heavy atom. The molecule has 0 radical (unpaired) electrons. The molecule has 0 aliphatic carbocycles. The van der Waals surface area contributed by atoms with Crippen LogP contribution in [0.25, 0.3) is 91.9 Å². The number of ether oxygens (including phenoxy) is 1. The van der Waals surface area contributed by atoms with Crippen molar-refractivity contribution in [1.29, 1.82) is 0 Å². The van der Waals surface area contributed by atoms with Crippen molar-refractivity contribution in [2.45, 2.75) is 57.9 Å². The Labute approximate surface area is 786 Å². The fourth-order valence-electron chi connectivity index (χ4n) is 16.7. The number of ketones is 1. The summed E-state index contributed by atoms with van der Waals surface area (Å²) in [5, 5.41) is 21.8. The number of likely N-dealkylation sites (tertiary alicyclic amines) is 3. The molecule has 3 fully saturated rings. The van der Waals surface area contributed by atoms with Gasteiger partial charge in [-0.25, -0.2) is 4.98 Å². The minimum Gasteiger partial charge on any atom is -0.481 e. The van der Waals surface area contributed by atoms with Crippen LogP contribution in [0.1, 0.15) is 144 Å². The van der Waals surface area contributed by atoms with Crippen LogP contribution in [-0.2, 0) is 25.7 Å². The number of pyridine rings is 3. The highest BCUT2D eigenvalue weighted by molar-refractivity contribution is 6.39. The lowest BCUT2D eigenvalue weighted by Gasteiger charge is -2.14. The maximum atomic E-state index is 12.7. The molecule has 7 amide bonds. The Bertz CT molecular complexity index is 6610. The van der Waals surface area contributed by atoms with Crippen molar-refractivity contribution in [3.63, 3.8) is 0 Å². The molecule has 0 atom stereocenters. The van der Waals surface area contributed by atoms with E-state index in [0.29, 0.717) is 160 Å². The molecule has 6 aromatic carbocycles. The Morgan fingerprint density at radius 2 is 0.836 bits per heavy atom. The maximum absolute atomic E-state index is 12.7. The molecule has 20 rings (SSSR count). The van der Waals surface area contributed by atoms with Crippen LogP contribution in [-0.4, -0.2) is 156 Å². The average Bonchev–Trinajstić information content (AvgIpc) is 1.66. The van der Waals surface area contributed by atoms with Crippen LogP contribution in [0.3, 0.4) is 0 Å². The van der Waals surface area contributed by atoms with Crippen LogP contribution in [0.5, 0.6) is 5.88 Å². The predicted molar refractivity (Wildman–Crippen MR) is 521 cm³/mol. The van der Waals surface area contributed by atoms with Crippen molar-refractivity contribution in [1.82, 2.24) is 45.6 Å². The van der Waals surface area contributed by atoms with Crippen LogP contribution in [0.2, 0.25) is 15.1 Å². The SMILES string of the molecule is COc1cc(CNC(=O)c2cccc(-c3ccc(/C=C4/C(=O)Nc5ccc(Cl)cc54)o3)c2)ccn1.Nc1cc(C(=O)CCCN2CCCC2)ccc1-c1ccc(/C=C2/C(=O)Nc3ccccc32)o1.O=C1Nc2ccc(Cl)cc2/C1=C\c1ccc(-c2cncc(C(=O)NCCN3CCCC3)c2)o1.O=C1Nc2ccc(Cl)cc2/C1=C\c1ccc(-c2cncc(C(=O)NCCN3CCCC3)c2)o1. The van der Waals surface area contributed by atoms with Crippen molar-refractivity contribution in [3.05, 3.63) is 313 Å². The smallest absolute Gasteiger partial charge is 0.256 e. The second-order valence-corrected chi connectivity index (χ2v) is 34.2. The minimum atomic E-state index is -0.217. The quantitative estimate of drug-likeness (QED) is 0.0150. The molecular weight excluding hydrogens is 1760 g/mol. The number of aromatic nitrogens is 3. The summed E-state index contributed by atoms with van der Waals surface area (Å²) in [5.74, 6) is 3.69. The van der Waals surface area contributed by atoms with Gasteiger partial charge in [-0.15, -0.1) is 0 Å². The Balaban J connectivity index is 0.000000124. The Morgan fingerprint density at radius 1 is 0.410 bits per heavy atom. The lowest BCUT2D eigenvalue weighted by Crippen LogP contribution is -2.33. The van der Waals surface area contributed by atoms with E-state index in [1.54, 1.807) is 196 Å². The number of nitrogens with one attached hydrogen (secondary N) is 7. The highest BCUT2D eigenvalue weighted by atomic mass is 35.5. The summed E-state index contributed by atoms with van der Waals surface area (Å²) >= 11 is 18.3. The molecule has 13 aromatic rings. The summed E-state index contributed by atoms with van der Waals surface area (Å²) in [5.41, 5.74) is 20.6. The number of amides is 7. The van der Waals surface area contributed by atoms with Crippen molar-refractivity contribution in [2.24, 2.45) is 0 Å². The third kappa shape index (κ3) is 22.3. The number of methoxy groups -OCH3 is 1. The molecular formula is C104H93Cl3N14O13. The Kier molecular flexibility index (Phi) is 28.6. The predicted octanol–water partition coefficient (Wildman–Crippen LogP) is 19.1. The van der Waals surface area contributed by atoms with Crippen LogP contribution in [0.4, 0.5) is 28.4 Å². The average molecular weight is 1850 g/mol. The van der Waals surface area contributed by atoms with Crippen molar-refractivity contribution >= 4 is 157 Å². The van der Waals surface area contributed by atoms with Crippen LogP contribution < -0.4 is 47.7 Å². The molecule has 7 aromatic heterocycles. The van der Waals surface area contributed by atoms with E-state index in [9.17, 15) is 38.4 Å². The van der Waals surface area contributed by atoms with E-state index < -0.39 is 0 Å². The molecule has 7 aliphatic heterocycles. The number of carbonyl (C=O) groups excluding carboxylic acids is 8. The number of benzene rings is 6. The Hall–Kier alpha value is -14.8. The highest BCUT2D eigenvalue weighted by Gasteiger charge is 2.31. The zero-order chi connectivity index (χ0) is 92.7. The number of Topliss-reactive ketones (excluding diaryl/α,β-unsaturated/α-hetero) is 1. The number of hydrogen-bond acceptors (Lipinski definition) is 20. The van der Waals surface area contributed by atoms with Gasteiger partial charge in [0.15, 0.2) is 5.78 Å². The monoisotopic (exact) mass is 1850 g/mol. The van der Waals surface area contributed by atoms with E-state index in [-0.39, 0.29) is 47.1 Å². The standard InChI is InChI=1S/C27H20ClN3O4.C27H27N3O3.2C25H23ClN4O3/c1-34-25-11-16(9-10-29-25)15-30-26(32)18-4-2-3-17(12-18)24-8-6-20(35-24)14-22-21-13-19(28)5-7-23(21)31-27(22)33;28-23-16-18(25(31)8-5-15-30-13-3-4-14-30)9-11-21(23)26-12-10-19(33-26)17-22-20-6-1-2-7-24(20)29-27(22)32;2*26-18-3-5-22-20(12-18)21(25(32)29-22)13-19-4-6-23(33-19)16-11-17(15-27-14-16)24(31)28-7-10-30-8-1-2-9-30/h2-14H,15H2,1H3,(H,30,32)(H,31,33);1-2,6-7,9-12,16-17H,3-5,8,13-15,28H2,(H,29,32);2*3-6,11-15H,1-2,7-10H2,(H,28,31)(H,29,32)/b22-14+;22-17+;2*21-13+. The first-order valence-electron chi connectivity index (χ1n) is 44.2. The van der Waals surface area contributed by atoms with E-state index in [1.165, 1.54) is 38.5 Å². The van der Waals surface area contributed by atoms with Gasteiger partial charge in [-0.1, -0.05) is 71.2 Å². The summed E-state index contributed by atoms with van der Waals surface area (Å²) in [7, 11) is 1.55. The number of nitrogens with zero attached hydrogens (tertiary/aromatic N) is 6. The van der Waals surface area contributed by atoms with Gasteiger partial charge in [0, 0.05) is 175 Å². The largest absolute Gasteiger partial charge is 0.481 e. The van der Waals surface area contributed by atoms with E-state index in [2.05, 4.69) is 66.9 Å². The molecule has 0 bridgehead atoms. The molecule has 7 aliphatic rings. The van der Waals surface area contributed by atoms with Crippen molar-refractivity contribution in [2.75, 3.05) is 106 Å². The molecule has 30 heteroatoms. The summed E-state index contributed by atoms with van der Waals surface area (Å²) in [4.78, 5) is 120. The van der Waals surface area contributed by atoms with Gasteiger partial charge in [0.25, 0.3) is 41.4 Å². The van der Waals surface area contributed by atoms with Gasteiger partial charge >= 0.3 is 0 Å². The minimum absolute atomic E-state index is 0.114. The molecule has 0 saturated carbocycles. The zero-order valence-corrected chi connectivity index (χ0v) is 75.3. The van der Waals surface area contributed by atoms with E-state index in [4.69, 9.17) is 62.9 Å². The molecule has 3 saturated heterocycles. The highest BCUT2D eigenvalue weighted by Crippen LogP contribution is 2.41. The molecule has 0 spiro atoms. The number of fused-ring (bicyclic) bond motifs is 4. The van der Waals surface area contributed by atoms with Crippen LogP contribution in [0.15, 0.2) is 243 Å². The molecule has 678 valence electrons. The number of anilines is 5. The number of furan rings is 4. The topological polar surface area (TPSA) is 357 Å². The third-order valence-corrected chi connectivity index (χ3v) is 24.3. The lowest BCUT2D eigenvalue weighted by molar-refractivity contribution is -0.111. The normalized spacial score (nSPS) is 15.9. The zero-order valence-electron chi connectivity index (χ0n) is 73.0. The molecule has 14 heterocycles. The molecule has 134 heavy (non-hydrogen) atoms. The van der Waals surface area contributed by atoms with E-state index >= 15 is 0 Å². The maximum Gasteiger partial charge on any atom is 0.256 e. The summed E-state index contributed by atoms with van der Waals surface area (Å²) in [6.07, 6.45) is 23.6. The van der Waals surface area contributed by atoms with Gasteiger partial charge < -0.3 is 80.1 Å². The second kappa shape index (κ2) is 42.2. The molecule has 0 unspecified atom stereocenters. The molecule has 27 nitrogen and oxygen atoms in total. The number of rotatable bonds is 25. The number of carbonyl (C=O) groups is 8. The number of nitrogen functional groups attached to an aromatic ring is 1. The van der Waals surface area contributed by atoms with Gasteiger partial charge in [-0.3, -0.25) is 48.3 Å². The fourth-order valence-corrected chi connectivity index (χ4v) is 17.2. The fraction of sp³-hybridized carbons (Fsp3) is 0.202. The van der Waals surface area contributed by atoms with Gasteiger partial charge in [0.1, 0.15) is 46.1 Å². The number of nitrogens with two attached hydrogens (primary N) is 1. The second-order valence-electron chi connectivity index (χ2n) is 32.9. The summed E-state index contributed by atoms with van der Waals surface area (Å²) in [6.45, 7) is 10.9. The van der Waals surface area contributed by atoms with E-state index in [0.717, 1.165) is 121 Å².